The third kappa shape index (κ3) is 5.61. The first-order chi connectivity index (χ1) is 14.4. The van der Waals surface area contributed by atoms with Crippen molar-refractivity contribution in [1.82, 2.24) is 4.98 Å². The first kappa shape index (κ1) is 22.3. The molecule has 7 heteroatoms. The summed E-state index contributed by atoms with van der Waals surface area (Å²) in [6.45, 7) is 8.71. The fraction of sp³-hybridized carbons (Fsp3) is 0.304. The van der Waals surface area contributed by atoms with Crippen LogP contribution in [0.1, 0.15) is 37.8 Å². The fourth-order valence-corrected chi connectivity index (χ4v) is 3.99. The molecule has 0 bridgehead atoms. The van der Waals surface area contributed by atoms with Crippen molar-refractivity contribution in [1.29, 1.82) is 0 Å². The van der Waals surface area contributed by atoms with E-state index in [1.807, 2.05) is 49.6 Å². The van der Waals surface area contributed by atoms with Crippen LogP contribution in [0.4, 0.5) is 5.13 Å². The van der Waals surface area contributed by atoms with Gasteiger partial charge >= 0.3 is 0 Å². The highest BCUT2D eigenvalue weighted by atomic mass is 79.9. The molecule has 0 fully saturated rings. The van der Waals surface area contributed by atoms with Crippen LogP contribution in [0, 0.1) is 6.92 Å². The second-order valence-corrected chi connectivity index (χ2v) is 8.84. The maximum atomic E-state index is 12.4. The summed E-state index contributed by atoms with van der Waals surface area (Å²) in [7, 11) is 0. The first-order valence-electron chi connectivity index (χ1n) is 9.78. The number of carbonyl (C=O) groups is 1. The lowest BCUT2D eigenvalue weighted by molar-refractivity contribution is -0.118. The van der Waals surface area contributed by atoms with Gasteiger partial charge in [-0.25, -0.2) is 4.98 Å². The van der Waals surface area contributed by atoms with Gasteiger partial charge in [-0.2, -0.15) is 0 Å². The number of anilines is 1. The van der Waals surface area contributed by atoms with Crippen molar-refractivity contribution in [3.05, 3.63) is 57.4 Å². The maximum Gasteiger partial charge on any atom is 0.264 e. The average molecular weight is 489 g/mol. The molecular formula is C23H25BrN2O3S. The largest absolute Gasteiger partial charge is 0.494 e. The molecule has 158 valence electrons. The number of nitrogens with one attached hydrogen (secondary N) is 1. The van der Waals surface area contributed by atoms with Gasteiger partial charge < -0.3 is 9.47 Å². The molecule has 0 radical (unpaired) electrons. The van der Waals surface area contributed by atoms with Crippen molar-refractivity contribution in [3.63, 3.8) is 0 Å². The highest BCUT2D eigenvalue weighted by molar-refractivity contribution is 9.10. The van der Waals surface area contributed by atoms with E-state index in [9.17, 15) is 4.79 Å². The molecule has 3 aromatic rings. The lowest BCUT2D eigenvalue weighted by Gasteiger charge is -2.15. The Hall–Kier alpha value is -2.38. The van der Waals surface area contributed by atoms with Crippen LogP contribution in [-0.4, -0.2) is 24.1 Å². The van der Waals surface area contributed by atoms with Crippen LogP contribution in [0.15, 0.2) is 46.3 Å². The molecule has 1 aromatic heterocycles. The van der Waals surface area contributed by atoms with Gasteiger partial charge in [0.1, 0.15) is 11.5 Å². The van der Waals surface area contributed by atoms with Crippen molar-refractivity contribution in [2.45, 2.75) is 33.6 Å². The van der Waals surface area contributed by atoms with Crippen LogP contribution in [0.3, 0.4) is 0 Å². The number of hydrogen-bond donors (Lipinski definition) is 1. The number of amides is 1. The number of rotatable bonds is 8. The Bertz CT molecular complexity index is 1020. The Morgan fingerprint density at radius 3 is 2.60 bits per heavy atom. The van der Waals surface area contributed by atoms with Crippen LogP contribution in [0.5, 0.6) is 11.5 Å². The summed E-state index contributed by atoms with van der Waals surface area (Å²) in [5.41, 5.74) is 3.91. The third-order valence-electron chi connectivity index (χ3n) is 4.48. The van der Waals surface area contributed by atoms with Gasteiger partial charge in [0.2, 0.25) is 0 Å². The number of thiazole rings is 1. The SMILES string of the molecule is CCOc1ccc(-c2csc(NC(=O)COc3cc(C)c(Br)cc3C(C)C)n2)cc1. The topological polar surface area (TPSA) is 60.5 Å². The zero-order valence-corrected chi connectivity index (χ0v) is 19.9. The van der Waals surface area contributed by atoms with Gasteiger partial charge in [-0.3, -0.25) is 10.1 Å². The average Bonchev–Trinajstić information content (AvgIpc) is 3.17. The Morgan fingerprint density at radius 2 is 1.93 bits per heavy atom. The van der Waals surface area contributed by atoms with E-state index in [0.717, 1.165) is 38.4 Å². The van der Waals surface area contributed by atoms with E-state index in [1.165, 1.54) is 11.3 Å². The van der Waals surface area contributed by atoms with Crippen molar-refractivity contribution >= 4 is 38.3 Å². The zero-order valence-electron chi connectivity index (χ0n) is 17.5. The van der Waals surface area contributed by atoms with Crippen molar-refractivity contribution in [2.24, 2.45) is 0 Å². The number of ether oxygens (including phenoxy) is 2. The lowest BCUT2D eigenvalue weighted by Crippen LogP contribution is -2.20. The Morgan fingerprint density at radius 1 is 1.20 bits per heavy atom. The molecule has 0 spiro atoms. The van der Waals surface area contributed by atoms with Gasteiger partial charge in [-0.05, 0) is 67.3 Å². The molecule has 0 saturated heterocycles. The maximum absolute atomic E-state index is 12.4. The summed E-state index contributed by atoms with van der Waals surface area (Å²) in [6, 6.07) is 11.8. The van der Waals surface area contributed by atoms with Crippen LogP contribution < -0.4 is 14.8 Å². The quantitative estimate of drug-likeness (QED) is 0.397. The van der Waals surface area contributed by atoms with Crippen molar-refractivity contribution in [2.75, 3.05) is 18.5 Å². The Kier molecular flexibility index (Phi) is 7.50. The molecule has 1 N–H and O–H groups in total. The molecule has 3 rings (SSSR count). The Labute approximate surface area is 189 Å². The smallest absolute Gasteiger partial charge is 0.264 e. The van der Waals surface area contributed by atoms with Gasteiger partial charge in [-0.15, -0.1) is 11.3 Å². The minimum atomic E-state index is -0.238. The highest BCUT2D eigenvalue weighted by Gasteiger charge is 2.14. The van der Waals surface area contributed by atoms with E-state index in [4.69, 9.17) is 9.47 Å². The molecule has 1 heterocycles. The molecule has 0 atom stereocenters. The zero-order chi connectivity index (χ0) is 21.7. The van der Waals surface area contributed by atoms with Crippen LogP contribution in [-0.2, 0) is 4.79 Å². The van der Waals surface area contributed by atoms with Crippen LogP contribution in [0.25, 0.3) is 11.3 Å². The second-order valence-electron chi connectivity index (χ2n) is 7.13. The highest BCUT2D eigenvalue weighted by Crippen LogP contribution is 2.32. The molecule has 2 aromatic carbocycles. The number of hydrogen-bond acceptors (Lipinski definition) is 5. The van der Waals surface area contributed by atoms with Crippen molar-refractivity contribution in [3.8, 4) is 22.8 Å². The van der Waals surface area contributed by atoms with E-state index in [0.29, 0.717) is 11.7 Å². The molecule has 0 aliphatic rings. The molecular weight excluding hydrogens is 464 g/mol. The number of benzene rings is 2. The predicted molar refractivity (Wildman–Crippen MR) is 126 cm³/mol. The van der Waals surface area contributed by atoms with E-state index in [1.54, 1.807) is 0 Å². The molecule has 0 aliphatic heterocycles. The minimum absolute atomic E-state index is 0.0707. The van der Waals surface area contributed by atoms with Gasteiger partial charge in [0.05, 0.1) is 12.3 Å². The molecule has 30 heavy (non-hydrogen) atoms. The van der Waals surface area contributed by atoms with Gasteiger partial charge in [0.25, 0.3) is 5.91 Å². The monoisotopic (exact) mass is 488 g/mol. The van der Waals surface area contributed by atoms with Crippen molar-refractivity contribution < 1.29 is 14.3 Å². The number of halogens is 1. The lowest BCUT2D eigenvalue weighted by atomic mass is 10.0. The van der Waals surface area contributed by atoms with Gasteiger partial charge in [0, 0.05) is 15.4 Å². The van der Waals surface area contributed by atoms with Crippen LogP contribution in [0.2, 0.25) is 0 Å². The number of aromatic nitrogens is 1. The number of aryl methyl sites for hydroxylation is 1. The minimum Gasteiger partial charge on any atom is -0.494 e. The fourth-order valence-electron chi connectivity index (χ4n) is 2.90. The summed E-state index contributed by atoms with van der Waals surface area (Å²) >= 11 is 4.94. The predicted octanol–water partition coefficient (Wildman–Crippen LogP) is 6.42. The second kappa shape index (κ2) is 10.1. The van der Waals surface area contributed by atoms with E-state index >= 15 is 0 Å². The summed E-state index contributed by atoms with van der Waals surface area (Å²) in [4.78, 5) is 16.9. The Balaban J connectivity index is 1.62. The first-order valence-corrected chi connectivity index (χ1v) is 11.5. The standard InChI is InChI=1S/C23H25BrN2O3S/c1-5-28-17-8-6-16(7-9-17)20-13-30-23(25-20)26-22(27)12-29-21-10-15(4)19(24)11-18(21)14(2)3/h6-11,13-14H,5,12H2,1-4H3,(H,25,26,27). The molecule has 0 aliphatic carbocycles. The summed E-state index contributed by atoms with van der Waals surface area (Å²) in [5.74, 6) is 1.61. The summed E-state index contributed by atoms with van der Waals surface area (Å²) < 4.78 is 12.3. The molecule has 0 saturated carbocycles. The van der Waals surface area contributed by atoms with Crippen LogP contribution >= 0.6 is 27.3 Å². The van der Waals surface area contributed by atoms with E-state index in [2.05, 4.69) is 46.1 Å². The van der Waals surface area contributed by atoms with E-state index in [-0.39, 0.29) is 18.4 Å². The summed E-state index contributed by atoms with van der Waals surface area (Å²) in [5, 5.41) is 5.28. The summed E-state index contributed by atoms with van der Waals surface area (Å²) in [6.07, 6.45) is 0. The molecule has 0 unspecified atom stereocenters. The third-order valence-corrected chi connectivity index (χ3v) is 6.10. The number of carbonyl (C=O) groups excluding carboxylic acids is 1. The normalized spacial score (nSPS) is 10.9. The van der Waals surface area contributed by atoms with Gasteiger partial charge in [0.15, 0.2) is 11.7 Å². The molecule has 5 nitrogen and oxygen atoms in total. The molecule has 1 amide bonds. The van der Waals surface area contributed by atoms with E-state index < -0.39 is 0 Å². The van der Waals surface area contributed by atoms with Gasteiger partial charge in [-0.1, -0.05) is 29.8 Å². The number of nitrogens with zero attached hydrogens (tertiary/aromatic N) is 1.